The molecule has 8 nitrogen and oxygen atoms in total. The number of esters is 1. The van der Waals surface area contributed by atoms with Gasteiger partial charge in [-0.15, -0.1) is 11.8 Å². The lowest BCUT2D eigenvalue weighted by molar-refractivity contribution is 0.000557. The molecule has 0 aromatic heterocycles. The van der Waals surface area contributed by atoms with Gasteiger partial charge in [-0.3, -0.25) is 9.69 Å². The van der Waals surface area contributed by atoms with Crippen LogP contribution in [-0.2, 0) is 4.74 Å². The molecule has 0 saturated carbocycles. The fourth-order valence-corrected chi connectivity index (χ4v) is 4.98. The first-order chi connectivity index (χ1) is 16.0. The average molecular weight is 472 g/mol. The first kappa shape index (κ1) is 22.8. The molecular weight excluding hydrogens is 449 g/mol. The minimum absolute atomic E-state index is 0.266. The van der Waals surface area contributed by atoms with Crippen molar-refractivity contribution in [3.05, 3.63) is 84.1 Å². The number of carbonyl (C=O) groups is 3. The van der Waals surface area contributed by atoms with Crippen LogP contribution in [0, 0.1) is 0 Å². The van der Waals surface area contributed by atoms with Gasteiger partial charge in [0.15, 0.2) is 12.3 Å². The largest absolute Gasteiger partial charge is 0.454 e. The number of halogens is 1. The maximum absolute atomic E-state index is 15.3. The lowest BCUT2D eigenvalue weighted by atomic mass is 10.1. The van der Waals surface area contributed by atoms with E-state index < -0.39 is 47.7 Å². The molecular formula is C23H22FN3O5S. The third kappa shape index (κ3) is 5.01. The Labute approximate surface area is 193 Å². The SMILES string of the molecule is O=C(NC1C=CN([C@@H]2S[C@H](CO)[C@@H](OC(=O)c3ccccc3)[C@@H]2F)C(=O)N1)c1ccccc1. The number of hydrogen-bond donors (Lipinski definition) is 3. The van der Waals surface area contributed by atoms with E-state index in [4.69, 9.17) is 4.74 Å². The molecule has 3 N–H and O–H groups in total. The van der Waals surface area contributed by atoms with Crippen molar-refractivity contribution in [2.75, 3.05) is 6.61 Å². The zero-order valence-electron chi connectivity index (χ0n) is 17.3. The third-order valence-corrected chi connectivity index (χ3v) is 6.78. The van der Waals surface area contributed by atoms with Crippen LogP contribution in [0.5, 0.6) is 0 Å². The molecule has 3 amide bonds. The maximum Gasteiger partial charge on any atom is 0.338 e. The Morgan fingerprint density at radius 1 is 1.09 bits per heavy atom. The number of hydrogen-bond acceptors (Lipinski definition) is 6. The first-order valence-corrected chi connectivity index (χ1v) is 11.2. The molecule has 1 fully saturated rings. The first-order valence-electron chi connectivity index (χ1n) is 10.3. The van der Waals surface area contributed by atoms with Crippen molar-refractivity contribution in [2.45, 2.75) is 29.1 Å². The molecule has 1 unspecified atom stereocenters. The van der Waals surface area contributed by atoms with Gasteiger partial charge in [0, 0.05) is 11.8 Å². The van der Waals surface area contributed by atoms with Gasteiger partial charge in [-0.1, -0.05) is 36.4 Å². The summed E-state index contributed by atoms with van der Waals surface area (Å²) in [5.41, 5.74) is 0.703. The summed E-state index contributed by atoms with van der Waals surface area (Å²) in [5, 5.41) is 13.2. The van der Waals surface area contributed by atoms with E-state index >= 15 is 4.39 Å². The molecule has 0 bridgehead atoms. The van der Waals surface area contributed by atoms with Gasteiger partial charge in [-0.25, -0.2) is 14.0 Å². The van der Waals surface area contributed by atoms with Crippen molar-refractivity contribution >= 4 is 29.7 Å². The van der Waals surface area contributed by atoms with Crippen LogP contribution in [0.1, 0.15) is 20.7 Å². The van der Waals surface area contributed by atoms with E-state index in [0.717, 1.165) is 16.7 Å². The van der Waals surface area contributed by atoms with Crippen molar-refractivity contribution in [3.8, 4) is 0 Å². The summed E-state index contributed by atoms with van der Waals surface area (Å²) >= 11 is 1.01. The predicted octanol–water partition coefficient (Wildman–Crippen LogP) is 2.28. The second kappa shape index (κ2) is 10.1. The Kier molecular flexibility index (Phi) is 6.95. The zero-order chi connectivity index (χ0) is 23.4. The molecule has 0 radical (unpaired) electrons. The van der Waals surface area contributed by atoms with Crippen LogP contribution in [0.15, 0.2) is 72.9 Å². The van der Waals surface area contributed by atoms with E-state index in [1.807, 2.05) is 0 Å². The number of carbonyl (C=O) groups excluding carboxylic acids is 3. The summed E-state index contributed by atoms with van der Waals surface area (Å²) in [7, 11) is 0. The molecule has 33 heavy (non-hydrogen) atoms. The number of nitrogens with zero attached hydrogens (tertiary/aromatic N) is 1. The van der Waals surface area contributed by atoms with Crippen LogP contribution < -0.4 is 10.6 Å². The molecule has 172 valence electrons. The molecule has 2 aliphatic heterocycles. The third-order valence-electron chi connectivity index (χ3n) is 5.25. The van der Waals surface area contributed by atoms with Crippen molar-refractivity contribution < 1.29 is 28.6 Å². The molecule has 0 spiro atoms. The number of thioether (sulfide) groups is 1. The number of benzene rings is 2. The molecule has 5 atom stereocenters. The Hall–Kier alpha value is -3.37. The lowest BCUT2D eigenvalue weighted by Crippen LogP contribution is -2.56. The highest BCUT2D eigenvalue weighted by atomic mass is 32.2. The van der Waals surface area contributed by atoms with Crippen molar-refractivity contribution in [1.82, 2.24) is 15.5 Å². The van der Waals surface area contributed by atoms with Gasteiger partial charge >= 0.3 is 12.0 Å². The average Bonchev–Trinajstić information content (AvgIpc) is 3.15. The number of aliphatic hydroxyl groups is 1. The zero-order valence-corrected chi connectivity index (χ0v) is 18.2. The Morgan fingerprint density at radius 3 is 2.33 bits per heavy atom. The number of ether oxygens (including phenoxy) is 1. The van der Waals surface area contributed by atoms with Gasteiger partial charge in [0.05, 0.1) is 17.4 Å². The van der Waals surface area contributed by atoms with Crippen molar-refractivity contribution in [2.24, 2.45) is 0 Å². The summed E-state index contributed by atoms with van der Waals surface area (Å²) in [6.07, 6.45) is -0.826. The normalized spacial score (nSPS) is 26.5. The van der Waals surface area contributed by atoms with Crippen LogP contribution in [-0.4, -0.2) is 63.6 Å². The maximum atomic E-state index is 15.3. The standard InChI is InChI=1S/C23H22FN3O5S/c24-18-19(32-22(30)15-9-5-2-6-10-15)16(13-28)33-21(18)27-12-11-17(26-23(27)31)25-20(29)14-7-3-1-4-8-14/h1-12,16-19,21,28H,13H2,(H,25,29)(H,26,31)/t16-,17?,18+,19-,21-/m1/s1. The fraction of sp³-hybridized carbons (Fsp3) is 0.261. The smallest absolute Gasteiger partial charge is 0.338 e. The summed E-state index contributed by atoms with van der Waals surface area (Å²) in [4.78, 5) is 38.5. The summed E-state index contributed by atoms with van der Waals surface area (Å²) < 4.78 is 20.7. The number of nitrogens with one attached hydrogen (secondary N) is 2. The monoisotopic (exact) mass is 471 g/mol. The topological polar surface area (TPSA) is 108 Å². The molecule has 2 aromatic carbocycles. The van der Waals surface area contributed by atoms with Gasteiger partial charge in [-0.2, -0.15) is 0 Å². The predicted molar refractivity (Wildman–Crippen MR) is 120 cm³/mol. The van der Waals surface area contributed by atoms with Crippen molar-refractivity contribution in [1.29, 1.82) is 0 Å². The van der Waals surface area contributed by atoms with E-state index in [0.29, 0.717) is 5.56 Å². The van der Waals surface area contributed by atoms with Crippen LogP contribution in [0.4, 0.5) is 9.18 Å². The van der Waals surface area contributed by atoms with Gasteiger partial charge < -0.3 is 20.5 Å². The van der Waals surface area contributed by atoms with Gasteiger partial charge in [0.25, 0.3) is 5.91 Å². The highest BCUT2D eigenvalue weighted by Crippen LogP contribution is 2.40. The number of aliphatic hydroxyl groups excluding tert-OH is 1. The molecule has 2 heterocycles. The van der Waals surface area contributed by atoms with E-state index in [2.05, 4.69) is 10.6 Å². The molecule has 2 aliphatic rings. The molecule has 4 rings (SSSR count). The van der Waals surface area contributed by atoms with Crippen LogP contribution in [0.2, 0.25) is 0 Å². The van der Waals surface area contributed by atoms with E-state index in [9.17, 15) is 19.5 Å². The molecule has 2 aromatic rings. The summed E-state index contributed by atoms with van der Waals surface area (Å²) in [6, 6.07) is 16.1. The Balaban J connectivity index is 1.42. The number of rotatable bonds is 6. The van der Waals surface area contributed by atoms with E-state index in [1.54, 1.807) is 60.7 Å². The van der Waals surface area contributed by atoms with E-state index in [-0.39, 0.29) is 11.5 Å². The van der Waals surface area contributed by atoms with Crippen molar-refractivity contribution in [3.63, 3.8) is 0 Å². The lowest BCUT2D eigenvalue weighted by Gasteiger charge is -2.32. The van der Waals surface area contributed by atoms with Gasteiger partial charge in [-0.05, 0) is 30.3 Å². The number of urea groups is 1. The van der Waals surface area contributed by atoms with Crippen LogP contribution >= 0.6 is 11.8 Å². The summed E-state index contributed by atoms with van der Waals surface area (Å²) in [6.45, 7) is -0.427. The Bertz CT molecular complexity index is 1040. The fourth-order valence-electron chi connectivity index (χ4n) is 3.57. The van der Waals surface area contributed by atoms with Gasteiger partial charge in [0.1, 0.15) is 11.5 Å². The second-order valence-corrected chi connectivity index (χ2v) is 8.80. The second-order valence-electron chi connectivity index (χ2n) is 7.44. The minimum Gasteiger partial charge on any atom is -0.454 e. The summed E-state index contributed by atoms with van der Waals surface area (Å²) in [5.74, 6) is -1.07. The van der Waals surface area contributed by atoms with Crippen LogP contribution in [0.3, 0.4) is 0 Å². The molecule has 1 saturated heterocycles. The van der Waals surface area contributed by atoms with E-state index in [1.165, 1.54) is 12.3 Å². The quantitative estimate of drug-likeness (QED) is 0.558. The van der Waals surface area contributed by atoms with Gasteiger partial charge in [0.2, 0.25) is 0 Å². The molecule has 10 heteroatoms. The molecule has 0 aliphatic carbocycles. The van der Waals surface area contributed by atoms with Crippen LogP contribution in [0.25, 0.3) is 0 Å². The number of alkyl halides is 1. The number of amides is 3. The minimum atomic E-state index is -1.73. The highest BCUT2D eigenvalue weighted by Gasteiger charge is 2.50. The Morgan fingerprint density at radius 2 is 1.73 bits per heavy atom. The highest BCUT2D eigenvalue weighted by molar-refractivity contribution is 8.00.